The Balaban J connectivity index is 0.000000283. The summed E-state index contributed by atoms with van der Waals surface area (Å²) >= 11 is 0. The van der Waals surface area contributed by atoms with E-state index in [4.69, 9.17) is 21.7 Å². The average molecular weight is 505 g/mol. The largest absolute Gasteiger partial charge is 0.382 e. The summed E-state index contributed by atoms with van der Waals surface area (Å²) in [6.07, 6.45) is 1.97. The number of anilines is 3. The van der Waals surface area contributed by atoms with E-state index in [9.17, 15) is 4.79 Å². The number of nitrogens with two attached hydrogens (primary N) is 2. The lowest BCUT2D eigenvalue weighted by molar-refractivity contribution is 0.833. The fourth-order valence-electron chi connectivity index (χ4n) is 4.03. The average Bonchev–Trinajstić information content (AvgIpc) is 2.93. The molecule has 0 atom stereocenters. The van der Waals surface area contributed by atoms with Crippen LogP contribution in [0, 0.1) is 11.3 Å². The molecule has 2 heterocycles. The Kier molecular flexibility index (Phi) is 7.63. The molecule has 0 aliphatic rings. The molecule has 5 aromatic rings. The fraction of sp³-hybridized carbons (Fsp3) is 0.138. The van der Waals surface area contributed by atoms with Crippen LogP contribution in [-0.2, 0) is 6.42 Å². The molecule has 0 spiro atoms. The van der Waals surface area contributed by atoms with Gasteiger partial charge in [-0.2, -0.15) is 10.2 Å². The summed E-state index contributed by atoms with van der Waals surface area (Å²) in [6, 6.07) is 25.7. The molecule has 0 saturated heterocycles. The van der Waals surface area contributed by atoms with Crippen LogP contribution in [-0.4, -0.2) is 33.6 Å². The minimum absolute atomic E-state index is 0.0275. The molecule has 5 rings (SSSR count). The van der Waals surface area contributed by atoms with Gasteiger partial charge in [0.25, 0.3) is 5.56 Å². The summed E-state index contributed by atoms with van der Waals surface area (Å²) < 4.78 is 1.74. The molecule has 0 aliphatic carbocycles. The third kappa shape index (κ3) is 5.29. The normalized spacial score (nSPS) is 10.4. The third-order valence-corrected chi connectivity index (χ3v) is 5.95. The zero-order valence-electron chi connectivity index (χ0n) is 21.5. The van der Waals surface area contributed by atoms with Crippen molar-refractivity contribution in [2.24, 2.45) is 0 Å². The molecule has 190 valence electrons. The van der Waals surface area contributed by atoms with Crippen LogP contribution in [0.2, 0.25) is 0 Å². The van der Waals surface area contributed by atoms with Gasteiger partial charge in [0.05, 0.1) is 22.8 Å². The first-order valence-corrected chi connectivity index (χ1v) is 12.0. The topological polar surface area (TPSA) is 140 Å². The first kappa shape index (κ1) is 25.9. The van der Waals surface area contributed by atoms with Crippen LogP contribution >= 0.6 is 0 Å². The van der Waals surface area contributed by atoms with E-state index in [-0.39, 0.29) is 22.9 Å². The van der Waals surface area contributed by atoms with Gasteiger partial charge < -0.3 is 16.4 Å². The van der Waals surface area contributed by atoms with Crippen LogP contribution in [0.1, 0.15) is 18.3 Å². The number of aromatic nitrogens is 4. The molecule has 0 bridgehead atoms. The van der Waals surface area contributed by atoms with Gasteiger partial charge in [-0.15, -0.1) is 0 Å². The maximum Gasteiger partial charge on any atom is 0.266 e. The van der Waals surface area contributed by atoms with Crippen molar-refractivity contribution in [3.63, 3.8) is 0 Å². The van der Waals surface area contributed by atoms with Gasteiger partial charge in [-0.3, -0.25) is 9.36 Å². The van der Waals surface area contributed by atoms with Crippen LogP contribution < -0.4 is 21.9 Å². The van der Waals surface area contributed by atoms with Gasteiger partial charge in [0.2, 0.25) is 5.95 Å². The van der Waals surface area contributed by atoms with Gasteiger partial charge in [-0.05, 0) is 41.5 Å². The van der Waals surface area contributed by atoms with Crippen molar-refractivity contribution in [3.8, 4) is 22.9 Å². The number of para-hydroxylation sites is 1. The molecule has 0 amide bonds. The van der Waals surface area contributed by atoms with E-state index in [1.54, 1.807) is 4.57 Å². The number of fused-ring (bicyclic) bond motifs is 1. The highest BCUT2D eigenvalue weighted by Gasteiger charge is 2.15. The molecule has 0 fully saturated rings. The van der Waals surface area contributed by atoms with Crippen molar-refractivity contribution in [1.29, 1.82) is 5.26 Å². The van der Waals surface area contributed by atoms with E-state index in [1.807, 2.05) is 75.6 Å². The molecule has 9 nitrogen and oxygen atoms in total. The Hall–Kier alpha value is -5.23. The van der Waals surface area contributed by atoms with Crippen molar-refractivity contribution < 1.29 is 0 Å². The molecule has 4 N–H and O–H groups in total. The summed E-state index contributed by atoms with van der Waals surface area (Å²) in [5.74, 6) is 0.968. The zero-order valence-corrected chi connectivity index (χ0v) is 21.5. The Bertz CT molecular complexity index is 1670. The molecule has 0 unspecified atom stereocenters. The molecular formula is C29H28N8O. The quantitative estimate of drug-likeness (QED) is 0.371. The Morgan fingerprint density at radius 1 is 0.947 bits per heavy atom. The van der Waals surface area contributed by atoms with E-state index >= 15 is 0 Å². The molecule has 0 aliphatic heterocycles. The molecule has 9 heteroatoms. The van der Waals surface area contributed by atoms with Crippen molar-refractivity contribution >= 4 is 28.4 Å². The maximum atomic E-state index is 13.6. The van der Waals surface area contributed by atoms with E-state index in [0.717, 1.165) is 33.8 Å². The van der Waals surface area contributed by atoms with E-state index in [1.165, 1.54) is 6.20 Å². The Morgan fingerprint density at radius 3 is 2.26 bits per heavy atom. The highest BCUT2D eigenvalue weighted by atomic mass is 16.1. The second kappa shape index (κ2) is 11.2. The minimum Gasteiger partial charge on any atom is -0.382 e. The highest BCUT2D eigenvalue weighted by Crippen LogP contribution is 2.28. The van der Waals surface area contributed by atoms with Crippen molar-refractivity contribution in [3.05, 3.63) is 101 Å². The number of hydrogen-bond acceptors (Lipinski definition) is 8. The Labute approximate surface area is 220 Å². The summed E-state index contributed by atoms with van der Waals surface area (Å²) in [4.78, 5) is 27.6. The lowest BCUT2D eigenvalue weighted by atomic mass is 10.0. The van der Waals surface area contributed by atoms with Crippen molar-refractivity contribution in [2.45, 2.75) is 13.3 Å². The van der Waals surface area contributed by atoms with Gasteiger partial charge in [0, 0.05) is 26.2 Å². The van der Waals surface area contributed by atoms with Crippen LogP contribution in [0.5, 0.6) is 0 Å². The van der Waals surface area contributed by atoms with Crippen LogP contribution in [0.4, 0.5) is 17.5 Å². The number of nitrogen functional groups attached to an aromatic ring is 2. The van der Waals surface area contributed by atoms with Crippen molar-refractivity contribution in [2.75, 3.05) is 30.5 Å². The Morgan fingerprint density at radius 2 is 1.66 bits per heavy atom. The maximum absolute atomic E-state index is 13.6. The molecular weight excluding hydrogens is 476 g/mol. The first-order chi connectivity index (χ1) is 18.3. The predicted octanol–water partition coefficient (Wildman–Crippen LogP) is 4.19. The number of nitriles is 1. The first-order valence-electron chi connectivity index (χ1n) is 12.0. The fourth-order valence-corrected chi connectivity index (χ4v) is 4.03. The van der Waals surface area contributed by atoms with Gasteiger partial charge in [-0.1, -0.05) is 49.4 Å². The summed E-state index contributed by atoms with van der Waals surface area (Å²) in [5.41, 5.74) is 15.3. The zero-order chi connectivity index (χ0) is 27.2. The smallest absolute Gasteiger partial charge is 0.266 e. The van der Waals surface area contributed by atoms with Gasteiger partial charge in [-0.25, -0.2) is 9.97 Å². The lowest BCUT2D eigenvalue weighted by Gasteiger charge is -2.15. The van der Waals surface area contributed by atoms with E-state index in [2.05, 4.69) is 39.1 Å². The van der Waals surface area contributed by atoms with E-state index < -0.39 is 0 Å². The van der Waals surface area contributed by atoms with Crippen LogP contribution in [0.15, 0.2) is 83.8 Å². The third-order valence-electron chi connectivity index (χ3n) is 5.95. The molecule has 2 aromatic heterocycles. The highest BCUT2D eigenvalue weighted by molar-refractivity contribution is 5.94. The number of nitrogens with zero attached hydrogens (tertiary/aromatic N) is 6. The molecule has 38 heavy (non-hydrogen) atoms. The van der Waals surface area contributed by atoms with E-state index in [0.29, 0.717) is 11.8 Å². The van der Waals surface area contributed by atoms with Crippen LogP contribution in [0.3, 0.4) is 0 Å². The number of aryl methyl sites for hydroxylation is 1. The minimum atomic E-state index is -0.0275. The number of benzene rings is 3. The summed E-state index contributed by atoms with van der Waals surface area (Å²) in [7, 11) is 4.03. The molecule has 3 aromatic carbocycles. The second-order valence-corrected chi connectivity index (χ2v) is 8.64. The predicted molar refractivity (Wildman–Crippen MR) is 152 cm³/mol. The second-order valence-electron chi connectivity index (χ2n) is 8.64. The standard InChI is InChI=1S/C24H23N3O.C5H5N5/c1-4-22-25-21-12-8-11-20(17-13-15-18(16-14-17)26(2)3)23(21)24(28)27(22)19-9-6-5-7-10-19;6-1-3-2-9-5(8)10-4(3)7/h5-16H,4H2,1-3H3;2H,(H4,7,8,9,10). The summed E-state index contributed by atoms with van der Waals surface area (Å²) in [6.45, 7) is 2.02. The van der Waals surface area contributed by atoms with Gasteiger partial charge >= 0.3 is 0 Å². The van der Waals surface area contributed by atoms with Gasteiger partial charge in [0.15, 0.2) is 0 Å². The SMILES string of the molecule is CCc1nc2cccc(-c3ccc(N(C)C)cc3)c2c(=O)n1-c1ccccc1.N#Cc1cnc(N)nc1N. The van der Waals surface area contributed by atoms with Gasteiger partial charge in [0.1, 0.15) is 23.3 Å². The monoisotopic (exact) mass is 504 g/mol. The molecule has 0 radical (unpaired) electrons. The van der Waals surface area contributed by atoms with Crippen LogP contribution in [0.25, 0.3) is 27.7 Å². The molecule has 0 saturated carbocycles. The number of rotatable bonds is 4. The summed E-state index contributed by atoms with van der Waals surface area (Å²) in [5, 5.41) is 9.01. The number of hydrogen-bond donors (Lipinski definition) is 2. The lowest BCUT2D eigenvalue weighted by Crippen LogP contribution is -2.24. The van der Waals surface area contributed by atoms with Crippen molar-refractivity contribution in [1.82, 2.24) is 19.5 Å².